The van der Waals surface area contributed by atoms with E-state index in [4.69, 9.17) is 15.7 Å². The summed E-state index contributed by atoms with van der Waals surface area (Å²) in [5.41, 5.74) is 12.3. The van der Waals surface area contributed by atoms with Gasteiger partial charge in [-0.05, 0) is 63.2 Å². The van der Waals surface area contributed by atoms with E-state index in [0.29, 0.717) is 11.7 Å². The van der Waals surface area contributed by atoms with E-state index in [-0.39, 0.29) is 0 Å². The van der Waals surface area contributed by atoms with Crippen molar-refractivity contribution in [1.29, 1.82) is 0 Å². The third kappa shape index (κ3) is 4.15. The van der Waals surface area contributed by atoms with E-state index >= 15 is 0 Å². The molecule has 0 unspecified atom stereocenters. The van der Waals surface area contributed by atoms with E-state index in [0.717, 1.165) is 50.7 Å². The number of nitrogens with zero attached hydrogens (tertiary/aromatic N) is 5. The van der Waals surface area contributed by atoms with Gasteiger partial charge in [-0.15, -0.1) is 0 Å². The van der Waals surface area contributed by atoms with Crippen LogP contribution in [-0.2, 0) is 0 Å². The number of hydrogen-bond donors (Lipinski definition) is 1. The van der Waals surface area contributed by atoms with Crippen LogP contribution >= 0.6 is 0 Å². The highest BCUT2D eigenvalue weighted by molar-refractivity contribution is 5.91. The predicted molar refractivity (Wildman–Crippen MR) is 149 cm³/mol. The molecule has 6 nitrogen and oxygen atoms in total. The molecule has 1 aliphatic heterocycles. The highest BCUT2D eigenvalue weighted by atomic mass is 15.2. The van der Waals surface area contributed by atoms with Crippen LogP contribution < -0.4 is 5.73 Å². The third-order valence-electron chi connectivity index (χ3n) is 8.32. The molecule has 0 amide bonds. The Labute approximate surface area is 217 Å². The van der Waals surface area contributed by atoms with Crippen LogP contribution in [0.5, 0.6) is 0 Å². The van der Waals surface area contributed by atoms with Gasteiger partial charge in [0.1, 0.15) is 22.9 Å². The van der Waals surface area contributed by atoms with Crippen LogP contribution in [-0.4, -0.2) is 43.9 Å². The van der Waals surface area contributed by atoms with Crippen LogP contribution in [0.4, 0.5) is 5.82 Å². The minimum Gasteiger partial charge on any atom is -0.382 e. The molecular weight excluding hydrogens is 456 g/mol. The Balaban J connectivity index is 1.25. The maximum absolute atomic E-state index is 6.46. The molecule has 1 saturated carbocycles. The Bertz CT molecular complexity index is 1560. The van der Waals surface area contributed by atoms with Crippen LogP contribution in [0, 0.1) is 5.92 Å². The van der Waals surface area contributed by atoms with Crippen LogP contribution in [0.2, 0.25) is 0 Å². The molecule has 2 aliphatic rings. The largest absolute Gasteiger partial charge is 0.382 e. The van der Waals surface area contributed by atoms with Crippen molar-refractivity contribution in [2.75, 3.05) is 25.4 Å². The molecule has 5 aromatic rings. The summed E-state index contributed by atoms with van der Waals surface area (Å²) in [6.07, 6.45) is 10.1. The number of anilines is 1. The first-order valence-electron chi connectivity index (χ1n) is 13.5. The van der Waals surface area contributed by atoms with Crippen molar-refractivity contribution in [2.24, 2.45) is 5.92 Å². The molecule has 3 aromatic heterocycles. The summed E-state index contributed by atoms with van der Waals surface area (Å²) < 4.78 is 2.19. The van der Waals surface area contributed by atoms with Gasteiger partial charge in [0.25, 0.3) is 0 Å². The highest BCUT2D eigenvalue weighted by Crippen LogP contribution is 2.39. The van der Waals surface area contributed by atoms with Gasteiger partial charge in [-0.1, -0.05) is 48.5 Å². The monoisotopic (exact) mass is 488 g/mol. The average molecular weight is 489 g/mol. The minimum atomic E-state index is 0.443. The van der Waals surface area contributed by atoms with E-state index in [1.807, 2.05) is 24.4 Å². The standard InChI is InChI=1S/C31H32N6/c32-30-29-28(25-12-11-23-13-14-26(34-27(23)19-25)22-5-2-1-3-6-22)35-31(37(29)18-15-33-30)24-9-7-21(8-10-24)20-36-16-4-17-36/h1-3,5-6,11-15,18-19,21,24H,4,7-10,16-17,20H2,(H2,32,33). The number of aromatic nitrogens is 4. The smallest absolute Gasteiger partial charge is 0.150 e. The topological polar surface area (TPSA) is 72.3 Å². The molecule has 0 atom stereocenters. The minimum absolute atomic E-state index is 0.443. The molecule has 2 aromatic carbocycles. The van der Waals surface area contributed by atoms with Gasteiger partial charge in [-0.25, -0.2) is 15.0 Å². The van der Waals surface area contributed by atoms with Gasteiger partial charge in [0.05, 0.1) is 11.2 Å². The van der Waals surface area contributed by atoms with Gasteiger partial charge >= 0.3 is 0 Å². The van der Waals surface area contributed by atoms with Crippen LogP contribution in [0.3, 0.4) is 0 Å². The van der Waals surface area contributed by atoms with Crippen molar-refractivity contribution in [1.82, 2.24) is 24.3 Å². The summed E-state index contributed by atoms with van der Waals surface area (Å²) in [5.74, 6) is 2.90. The SMILES string of the molecule is Nc1nccn2c(C3CCC(CN4CCC4)CC3)nc(-c3ccc4ccc(-c5ccccc5)nc4c3)c12. The first-order chi connectivity index (χ1) is 18.2. The molecule has 2 fully saturated rings. The Morgan fingerprint density at radius 2 is 1.68 bits per heavy atom. The summed E-state index contributed by atoms with van der Waals surface area (Å²) in [4.78, 5) is 17.3. The number of rotatable bonds is 5. The van der Waals surface area contributed by atoms with Crippen molar-refractivity contribution < 1.29 is 0 Å². The molecule has 186 valence electrons. The fourth-order valence-electron chi connectivity index (χ4n) is 6.14. The van der Waals surface area contributed by atoms with Gasteiger partial charge in [0.2, 0.25) is 0 Å². The Kier molecular flexibility index (Phi) is 5.62. The maximum atomic E-state index is 6.46. The maximum Gasteiger partial charge on any atom is 0.150 e. The number of nitrogens with two attached hydrogens (primary N) is 1. The normalized spacial score (nSPS) is 20.3. The van der Waals surface area contributed by atoms with Gasteiger partial charge in [0.15, 0.2) is 0 Å². The molecule has 1 saturated heterocycles. The number of benzene rings is 2. The van der Waals surface area contributed by atoms with Crippen LogP contribution in [0.1, 0.15) is 43.8 Å². The number of imidazole rings is 1. The number of fused-ring (bicyclic) bond motifs is 2. The van der Waals surface area contributed by atoms with Gasteiger partial charge < -0.3 is 10.6 Å². The van der Waals surface area contributed by atoms with Gasteiger partial charge in [-0.3, -0.25) is 4.40 Å². The summed E-state index contributed by atoms with van der Waals surface area (Å²) in [6.45, 7) is 3.84. The molecular formula is C31H32N6. The highest BCUT2D eigenvalue weighted by Gasteiger charge is 2.29. The van der Waals surface area contributed by atoms with E-state index in [1.54, 1.807) is 6.20 Å². The quantitative estimate of drug-likeness (QED) is 0.320. The lowest BCUT2D eigenvalue weighted by atomic mass is 9.81. The first kappa shape index (κ1) is 22.4. The summed E-state index contributed by atoms with van der Waals surface area (Å²) >= 11 is 0. The molecule has 4 heterocycles. The molecule has 0 bridgehead atoms. The molecule has 2 N–H and O–H groups in total. The van der Waals surface area contributed by atoms with Crippen molar-refractivity contribution in [3.63, 3.8) is 0 Å². The van der Waals surface area contributed by atoms with E-state index in [2.05, 4.69) is 56.7 Å². The fourth-order valence-corrected chi connectivity index (χ4v) is 6.14. The Morgan fingerprint density at radius 1 is 0.865 bits per heavy atom. The molecule has 6 heteroatoms. The van der Waals surface area contributed by atoms with E-state index in [9.17, 15) is 0 Å². The van der Waals surface area contributed by atoms with Crippen molar-refractivity contribution >= 4 is 22.2 Å². The Morgan fingerprint density at radius 3 is 2.46 bits per heavy atom. The lowest BCUT2D eigenvalue weighted by molar-refractivity contribution is 0.132. The number of hydrogen-bond acceptors (Lipinski definition) is 5. The zero-order valence-corrected chi connectivity index (χ0v) is 21.1. The predicted octanol–water partition coefficient (Wildman–Crippen LogP) is 6.17. The zero-order chi connectivity index (χ0) is 24.8. The fraction of sp³-hybridized carbons (Fsp3) is 0.323. The van der Waals surface area contributed by atoms with E-state index in [1.165, 1.54) is 51.7 Å². The Hall–Kier alpha value is -3.77. The summed E-state index contributed by atoms with van der Waals surface area (Å²) in [7, 11) is 0. The molecule has 0 radical (unpaired) electrons. The lowest BCUT2D eigenvalue weighted by Crippen LogP contribution is -2.41. The second-order valence-electron chi connectivity index (χ2n) is 10.7. The number of nitrogen functional groups attached to an aromatic ring is 1. The second-order valence-corrected chi connectivity index (χ2v) is 10.7. The molecule has 37 heavy (non-hydrogen) atoms. The van der Waals surface area contributed by atoms with E-state index < -0.39 is 0 Å². The summed E-state index contributed by atoms with van der Waals surface area (Å²) in [5, 5.41) is 1.11. The van der Waals surface area contributed by atoms with Crippen molar-refractivity contribution in [3.05, 3.63) is 78.9 Å². The van der Waals surface area contributed by atoms with Gasteiger partial charge in [0, 0.05) is 41.4 Å². The average Bonchev–Trinajstić information content (AvgIpc) is 3.32. The second kappa shape index (κ2) is 9.27. The van der Waals surface area contributed by atoms with Gasteiger partial charge in [-0.2, -0.15) is 0 Å². The molecule has 7 rings (SSSR count). The van der Waals surface area contributed by atoms with Crippen LogP contribution in [0.15, 0.2) is 73.1 Å². The number of likely N-dealkylation sites (tertiary alicyclic amines) is 1. The summed E-state index contributed by atoms with van der Waals surface area (Å²) in [6, 6.07) is 20.9. The third-order valence-corrected chi connectivity index (χ3v) is 8.32. The van der Waals surface area contributed by atoms with Crippen molar-refractivity contribution in [2.45, 2.75) is 38.0 Å². The molecule has 1 aliphatic carbocycles. The number of pyridine rings is 1. The lowest BCUT2D eigenvalue weighted by Gasteiger charge is -2.36. The van der Waals surface area contributed by atoms with Crippen molar-refractivity contribution in [3.8, 4) is 22.5 Å². The molecule has 0 spiro atoms. The van der Waals surface area contributed by atoms with Crippen LogP contribution in [0.25, 0.3) is 38.9 Å². The first-order valence-corrected chi connectivity index (χ1v) is 13.5. The zero-order valence-electron chi connectivity index (χ0n) is 21.1.